The van der Waals surface area contributed by atoms with Gasteiger partial charge in [0, 0.05) is 24.6 Å². The van der Waals surface area contributed by atoms with Gasteiger partial charge in [-0.2, -0.15) is 0 Å². The summed E-state index contributed by atoms with van der Waals surface area (Å²) >= 11 is 6.24. The molecule has 2 heterocycles. The number of carbonyl (C=O) groups is 2. The Bertz CT molecular complexity index is 1780. The highest BCUT2D eigenvalue weighted by Crippen LogP contribution is 2.24. The van der Waals surface area contributed by atoms with Crippen LogP contribution in [0.1, 0.15) is 47.3 Å². The van der Waals surface area contributed by atoms with Crippen molar-refractivity contribution in [3.05, 3.63) is 92.7 Å². The van der Waals surface area contributed by atoms with E-state index < -0.39 is 21.8 Å². The molecule has 0 fully saturated rings. The zero-order valence-corrected chi connectivity index (χ0v) is 23.4. The summed E-state index contributed by atoms with van der Waals surface area (Å²) in [5.41, 5.74) is 1.94. The molecular weight excluding hydrogens is 540 g/mol. The lowest BCUT2D eigenvalue weighted by Crippen LogP contribution is -2.33. The van der Waals surface area contributed by atoms with Gasteiger partial charge in [0.2, 0.25) is 0 Å². The van der Waals surface area contributed by atoms with Crippen LogP contribution in [0.15, 0.2) is 59.5 Å². The number of sulfone groups is 1. The lowest BCUT2D eigenvalue weighted by molar-refractivity contribution is -0.116. The number of ketones is 1. The molecule has 0 unspecified atom stereocenters. The van der Waals surface area contributed by atoms with Crippen LogP contribution < -0.4 is 10.9 Å². The molecule has 11 heteroatoms. The van der Waals surface area contributed by atoms with Crippen molar-refractivity contribution >= 4 is 43.9 Å². The van der Waals surface area contributed by atoms with Crippen molar-refractivity contribution in [2.45, 2.75) is 32.1 Å². The fraction of sp³-hybridized carbons (Fsp3) is 0.250. The summed E-state index contributed by atoms with van der Waals surface area (Å²) in [6.45, 7) is 3.13. The smallest absolute Gasteiger partial charge is 0.272 e. The van der Waals surface area contributed by atoms with Gasteiger partial charge in [-0.15, -0.1) is 0 Å². The van der Waals surface area contributed by atoms with E-state index in [0.29, 0.717) is 38.3 Å². The molecule has 0 aliphatic carbocycles. The topological polar surface area (TPSA) is 128 Å². The maximum atomic E-state index is 13.5. The third-order valence-electron chi connectivity index (χ3n) is 6.18. The van der Waals surface area contributed by atoms with Crippen LogP contribution >= 0.6 is 11.6 Å². The van der Waals surface area contributed by atoms with Crippen molar-refractivity contribution < 1.29 is 18.0 Å². The van der Waals surface area contributed by atoms with Gasteiger partial charge in [0.25, 0.3) is 11.5 Å². The minimum atomic E-state index is -3.25. The molecule has 4 aromatic rings. The highest BCUT2D eigenvalue weighted by atomic mass is 35.5. The lowest BCUT2D eigenvalue weighted by Gasteiger charge is -2.19. The van der Waals surface area contributed by atoms with E-state index in [0.717, 1.165) is 6.26 Å². The molecule has 1 N–H and O–H groups in total. The average molecular weight is 567 g/mol. The zero-order chi connectivity index (χ0) is 28.5. The third-order valence-corrected chi connectivity index (χ3v) is 7.35. The Hall–Kier alpha value is -3.89. The summed E-state index contributed by atoms with van der Waals surface area (Å²) in [4.78, 5) is 47.2. The molecule has 0 aliphatic heterocycles. The molecule has 2 aromatic carbocycles. The van der Waals surface area contributed by atoms with Crippen molar-refractivity contribution in [2.75, 3.05) is 6.26 Å². The number of halogens is 1. The molecule has 202 valence electrons. The summed E-state index contributed by atoms with van der Waals surface area (Å²) < 4.78 is 24.9. The first-order chi connectivity index (χ1) is 18.3. The second-order valence-corrected chi connectivity index (χ2v) is 12.1. The van der Waals surface area contributed by atoms with Gasteiger partial charge in [-0.25, -0.2) is 13.4 Å². The first-order valence-corrected chi connectivity index (χ1v) is 14.5. The van der Waals surface area contributed by atoms with E-state index in [1.54, 1.807) is 62.5 Å². The molecule has 0 aliphatic rings. The number of fused-ring (bicyclic) bond motifs is 1. The SMILES string of the molecule is CC(=O)Cc1ncc(-c2cccc(CS(C)(=O)=O)c2)nc1C(=O)N[C@@H](C)c1cc2cccc(Cl)c2c(=O)n1C. The van der Waals surface area contributed by atoms with E-state index in [-0.39, 0.29) is 34.9 Å². The average Bonchev–Trinajstić information content (AvgIpc) is 2.85. The Kier molecular flexibility index (Phi) is 7.99. The normalized spacial score (nSPS) is 12.3. The van der Waals surface area contributed by atoms with Crippen LogP contribution in [0.3, 0.4) is 0 Å². The number of rotatable bonds is 8. The Morgan fingerprint density at radius 3 is 2.54 bits per heavy atom. The predicted octanol–water partition coefficient (Wildman–Crippen LogP) is 3.82. The van der Waals surface area contributed by atoms with E-state index >= 15 is 0 Å². The lowest BCUT2D eigenvalue weighted by atomic mass is 10.1. The van der Waals surface area contributed by atoms with E-state index in [9.17, 15) is 22.8 Å². The molecule has 2 aromatic heterocycles. The number of amides is 1. The van der Waals surface area contributed by atoms with Crippen molar-refractivity contribution in [3.8, 4) is 11.3 Å². The Balaban J connectivity index is 1.71. The number of nitrogens with zero attached hydrogens (tertiary/aromatic N) is 3. The van der Waals surface area contributed by atoms with Gasteiger partial charge in [0.05, 0.1) is 46.2 Å². The Labute approximate surface area is 230 Å². The predicted molar refractivity (Wildman–Crippen MR) is 150 cm³/mol. The second-order valence-electron chi connectivity index (χ2n) is 9.53. The van der Waals surface area contributed by atoms with Crippen LogP contribution in [0.25, 0.3) is 22.0 Å². The molecule has 0 bridgehead atoms. The minimum Gasteiger partial charge on any atom is -0.343 e. The largest absolute Gasteiger partial charge is 0.343 e. The quantitative estimate of drug-likeness (QED) is 0.343. The summed E-state index contributed by atoms with van der Waals surface area (Å²) in [6, 6.07) is 13.2. The standard InChI is InChI=1S/C28H27ClN4O5S/c1-16(34)11-22-26(32-23(14-30-22)19-8-5-7-18(12-19)15-39(4,37)38)27(35)31-17(2)24-13-20-9-6-10-21(29)25(20)28(36)33(24)3/h5-10,12-14,17H,11,15H2,1-4H3,(H,31,35)/t17-/m0/s1. The molecule has 0 radical (unpaired) electrons. The van der Waals surface area contributed by atoms with E-state index in [4.69, 9.17) is 11.6 Å². The second kappa shape index (κ2) is 11.1. The summed E-state index contributed by atoms with van der Waals surface area (Å²) in [7, 11) is -1.64. The minimum absolute atomic E-state index is 0.0306. The maximum Gasteiger partial charge on any atom is 0.272 e. The van der Waals surface area contributed by atoms with Crippen molar-refractivity contribution in [2.24, 2.45) is 7.05 Å². The number of aromatic nitrogens is 3. The van der Waals surface area contributed by atoms with Crippen LogP contribution in [0.4, 0.5) is 0 Å². The number of hydrogen-bond acceptors (Lipinski definition) is 7. The van der Waals surface area contributed by atoms with Crippen LogP contribution in [0.5, 0.6) is 0 Å². The molecular formula is C28H27ClN4O5S. The van der Waals surface area contributed by atoms with Crippen LogP contribution in [0.2, 0.25) is 5.02 Å². The van der Waals surface area contributed by atoms with Crippen LogP contribution in [-0.4, -0.2) is 40.9 Å². The van der Waals surface area contributed by atoms with E-state index in [1.165, 1.54) is 17.7 Å². The Morgan fingerprint density at radius 1 is 1.13 bits per heavy atom. The number of pyridine rings is 1. The van der Waals surface area contributed by atoms with Gasteiger partial charge < -0.3 is 9.88 Å². The number of benzene rings is 2. The zero-order valence-electron chi connectivity index (χ0n) is 21.9. The maximum absolute atomic E-state index is 13.5. The van der Waals surface area contributed by atoms with Gasteiger partial charge in [0.1, 0.15) is 5.78 Å². The van der Waals surface area contributed by atoms with Gasteiger partial charge in [-0.05, 0) is 43.0 Å². The van der Waals surface area contributed by atoms with Crippen molar-refractivity contribution in [1.29, 1.82) is 0 Å². The van der Waals surface area contributed by atoms with Crippen molar-refractivity contribution in [1.82, 2.24) is 19.9 Å². The van der Waals surface area contributed by atoms with E-state index in [2.05, 4.69) is 15.3 Å². The molecule has 4 rings (SSSR count). The number of Topliss-reactive ketones (excluding diaryl/α,β-unsaturated/α-hetero) is 1. The first kappa shape index (κ1) is 28.1. The molecule has 39 heavy (non-hydrogen) atoms. The molecule has 0 saturated heterocycles. The highest BCUT2D eigenvalue weighted by Gasteiger charge is 2.22. The van der Waals surface area contributed by atoms with E-state index in [1.807, 2.05) is 0 Å². The molecule has 1 atom stereocenters. The Morgan fingerprint density at radius 2 is 1.85 bits per heavy atom. The summed E-state index contributed by atoms with van der Waals surface area (Å²) in [6.07, 6.45) is 2.51. The number of hydrogen-bond donors (Lipinski definition) is 1. The van der Waals surface area contributed by atoms with Gasteiger partial charge in [0.15, 0.2) is 15.5 Å². The molecule has 0 saturated carbocycles. The van der Waals surface area contributed by atoms with Crippen LogP contribution in [-0.2, 0) is 33.9 Å². The monoisotopic (exact) mass is 566 g/mol. The third kappa shape index (κ3) is 6.40. The van der Waals surface area contributed by atoms with Gasteiger partial charge >= 0.3 is 0 Å². The van der Waals surface area contributed by atoms with Gasteiger partial charge in [-0.3, -0.25) is 19.4 Å². The van der Waals surface area contributed by atoms with Crippen molar-refractivity contribution in [3.63, 3.8) is 0 Å². The van der Waals surface area contributed by atoms with Gasteiger partial charge in [-0.1, -0.05) is 41.9 Å². The number of carbonyl (C=O) groups excluding carboxylic acids is 2. The first-order valence-electron chi connectivity index (χ1n) is 12.1. The molecule has 0 spiro atoms. The number of nitrogens with one attached hydrogen (secondary N) is 1. The fourth-order valence-corrected chi connectivity index (χ4v) is 5.45. The van der Waals surface area contributed by atoms with Crippen LogP contribution in [0, 0.1) is 0 Å². The summed E-state index contributed by atoms with van der Waals surface area (Å²) in [5.74, 6) is -0.904. The fourth-order valence-electron chi connectivity index (χ4n) is 4.41. The molecule has 1 amide bonds. The summed E-state index contributed by atoms with van der Waals surface area (Å²) in [5, 5.41) is 4.26. The molecule has 9 nitrogen and oxygen atoms in total. The highest BCUT2D eigenvalue weighted by molar-refractivity contribution is 7.89.